The summed E-state index contributed by atoms with van der Waals surface area (Å²) >= 11 is 0. The summed E-state index contributed by atoms with van der Waals surface area (Å²) in [6.07, 6.45) is -2.22. The molecule has 0 unspecified atom stereocenters. The van der Waals surface area contributed by atoms with Gasteiger partial charge in [0.1, 0.15) is 0 Å². The fourth-order valence-corrected chi connectivity index (χ4v) is 4.94. The Labute approximate surface area is 152 Å². The van der Waals surface area contributed by atoms with Crippen LogP contribution in [0.25, 0.3) is 11.4 Å². The third kappa shape index (κ3) is 2.96. The fraction of sp³-hybridized carbons (Fsp3) is 0.533. The minimum absolute atomic E-state index is 0.0531. The van der Waals surface area contributed by atoms with E-state index in [1.807, 2.05) is 4.90 Å². The van der Waals surface area contributed by atoms with Crippen LogP contribution in [0.2, 0.25) is 0 Å². The minimum atomic E-state index is -4.85. The number of tetrazole rings is 1. The van der Waals surface area contributed by atoms with E-state index in [9.17, 15) is 21.6 Å². The van der Waals surface area contributed by atoms with Gasteiger partial charge in [-0.15, -0.1) is 10.2 Å². The van der Waals surface area contributed by atoms with Crippen LogP contribution >= 0.6 is 0 Å². The van der Waals surface area contributed by atoms with Gasteiger partial charge < -0.3 is 10.6 Å². The Bertz CT molecular complexity index is 986. The Morgan fingerprint density at radius 3 is 2.52 bits per heavy atom. The Kier molecular flexibility index (Phi) is 3.80. The molecular formula is C15H17F3N6O2S. The van der Waals surface area contributed by atoms with Gasteiger partial charge in [0.2, 0.25) is 5.82 Å². The highest BCUT2D eigenvalue weighted by atomic mass is 32.2. The SMILES string of the molecule is CS(=O)(=O)c1c(C(F)(F)F)ccc(N2C[C@@H](N)C3(CC3)C2)c1-c1nn[nH]n1. The Morgan fingerprint density at radius 1 is 1.33 bits per heavy atom. The molecule has 27 heavy (non-hydrogen) atoms. The maximum Gasteiger partial charge on any atom is 0.417 e. The van der Waals surface area contributed by atoms with Crippen LogP contribution < -0.4 is 10.6 Å². The van der Waals surface area contributed by atoms with E-state index < -0.39 is 26.5 Å². The zero-order valence-corrected chi connectivity index (χ0v) is 15.1. The van der Waals surface area contributed by atoms with Crippen LogP contribution in [-0.2, 0) is 16.0 Å². The number of hydrogen-bond donors (Lipinski definition) is 2. The van der Waals surface area contributed by atoms with Gasteiger partial charge in [-0.05, 0) is 30.2 Å². The molecule has 1 saturated heterocycles. The molecular weight excluding hydrogens is 385 g/mol. The van der Waals surface area contributed by atoms with Gasteiger partial charge in [-0.3, -0.25) is 0 Å². The molecule has 0 amide bonds. The molecule has 8 nitrogen and oxygen atoms in total. The van der Waals surface area contributed by atoms with Crippen LogP contribution in [0, 0.1) is 5.41 Å². The predicted octanol–water partition coefficient (Wildman–Crippen LogP) is 1.22. The summed E-state index contributed by atoms with van der Waals surface area (Å²) in [7, 11) is -4.25. The number of aromatic nitrogens is 4. The summed E-state index contributed by atoms with van der Waals surface area (Å²) in [5.74, 6) is -0.207. The first-order chi connectivity index (χ1) is 12.5. The molecule has 0 radical (unpaired) electrons. The molecule has 12 heteroatoms. The number of hydrogen-bond acceptors (Lipinski definition) is 7. The van der Waals surface area contributed by atoms with Gasteiger partial charge >= 0.3 is 6.18 Å². The number of H-pyrrole nitrogens is 1. The van der Waals surface area contributed by atoms with Crippen LogP contribution in [0.15, 0.2) is 17.0 Å². The molecule has 1 aromatic heterocycles. The molecule has 1 aliphatic heterocycles. The van der Waals surface area contributed by atoms with E-state index >= 15 is 0 Å². The van der Waals surface area contributed by atoms with Crippen molar-refractivity contribution in [3.8, 4) is 11.4 Å². The summed E-state index contributed by atoms with van der Waals surface area (Å²) in [6.45, 7) is 0.965. The Balaban J connectivity index is 1.98. The van der Waals surface area contributed by atoms with E-state index in [1.165, 1.54) is 6.07 Å². The molecule has 146 valence electrons. The lowest BCUT2D eigenvalue weighted by Crippen LogP contribution is -2.30. The molecule has 4 rings (SSSR count). The molecule has 3 N–H and O–H groups in total. The second kappa shape index (κ2) is 5.64. The van der Waals surface area contributed by atoms with Crippen LogP contribution in [0.1, 0.15) is 18.4 Å². The number of alkyl halides is 3. The lowest BCUT2D eigenvalue weighted by molar-refractivity contribution is -0.139. The topological polar surface area (TPSA) is 118 Å². The quantitative estimate of drug-likeness (QED) is 0.792. The van der Waals surface area contributed by atoms with E-state index in [4.69, 9.17) is 5.73 Å². The van der Waals surface area contributed by atoms with E-state index in [2.05, 4.69) is 20.6 Å². The number of nitrogens with two attached hydrogens (primary N) is 1. The van der Waals surface area contributed by atoms with Crippen LogP contribution in [0.3, 0.4) is 0 Å². The molecule has 2 fully saturated rings. The smallest absolute Gasteiger partial charge is 0.369 e. The molecule has 1 atom stereocenters. The summed E-state index contributed by atoms with van der Waals surface area (Å²) < 4.78 is 65.3. The molecule has 2 aliphatic rings. The van der Waals surface area contributed by atoms with Gasteiger partial charge in [0.15, 0.2) is 9.84 Å². The number of halogens is 3. The van der Waals surface area contributed by atoms with Crippen molar-refractivity contribution in [1.29, 1.82) is 0 Å². The molecule has 1 saturated carbocycles. The molecule has 2 heterocycles. The average molecular weight is 402 g/mol. The monoisotopic (exact) mass is 402 g/mol. The van der Waals surface area contributed by atoms with Crippen molar-refractivity contribution in [1.82, 2.24) is 20.6 Å². The lowest BCUT2D eigenvalue weighted by Gasteiger charge is -2.24. The number of nitrogens with one attached hydrogen (secondary N) is 1. The van der Waals surface area contributed by atoms with Gasteiger partial charge in [-0.2, -0.15) is 18.4 Å². The van der Waals surface area contributed by atoms with E-state index in [1.54, 1.807) is 0 Å². The number of benzene rings is 1. The minimum Gasteiger partial charge on any atom is -0.369 e. The molecule has 0 bridgehead atoms. The van der Waals surface area contributed by atoms with Gasteiger partial charge in [-0.1, -0.05) is 0 Å². The van der Waals surface area contributed by atoms with Crippen molar-refractivity contribution < 1.29 is 21.6 Å². The summed E-state index contributed by atoms with van der Waals surface area (Å²) in [5, 5.41) is 13.1. The standard InChI is InChI=1S/C15H17F3N6O2S/c1-27(25,26)12-8(15(16,17)18)2-3-9(11(12)13-20-22-23-21-13)24-6-10(19)14(7-24)4-5-14/h2-3,10H,4-7,19H2,1H3,(H,20,21,22,23)/t10-/m1/s1. The zero-order chi connectivity index (χ0) is 19.6. The Morgan fingerprint density at radius 2 is 2.04 bits per heavy atom. The largest absolute Gasteiger partial charge is 0.417 e. The van der Waals surface area contributed by atoms with Crippen LogP contribution in [0.4, 0.5) is 18.9 Å². The van der Waals surface area contributed by atoms with Crippen molar-refractivity contribution in [3.63, 3.8) is 0 Å². The molecule has 1 spiro atoms. The van der Waals surface area contributed by atoms with Crippen molar-refractivity contribution in [3.05, 3.63) is 17.7 Å². The predicted molar refractivity (Wildman–Crippen MR) is 89.6 cm³/mol. The van der Waals surface area contributed by atoms with Gasteiger partial charge in [0.25, 0.3) is 0 Å². The third-order valence-corrected chi connectivity index (χ3v) is 6.49. The highest BCUT2D eigenvalue weighted by Crippen LogP contribution is 2.54. The van der Waals surface area contributed by atoms with Gasteiger partial charge in [-0.25, -0.2) is 8.42 Å². The molecule has 1 aliphatic carbocycles. The lowest BCUT2D eigenvalue weighted by atomic mass is 10.0. The first-order valence-electron chi connectivity index (χ1n) is 8.21. The van der Waals surface area contributed by atoms with Gasteiger partial charge in [0, 0.05) is 36.5 Å². The summed E-state index contributed by atoms with van der Waals surface area (Å²) in [4.78, 5) is 0.970. The fourth-order valence-electron chi connectivity index (χ4n) is 3.79. The van der Waals surface area contributed by atoms with E-state index in [0.717, 1.165) is 25.2 Å². The highest BCUT2D eigenvalue weighted by Gasteiger charge is 2.54. The van der Waals surface area contributed by atoms with E-state index in [-0.39, 0.29) is 22.8 Å². The van der Waals surface area contributed by atoms with Crippen molar-refractivity contribution in [2.45, 2.75) is 30.0 Å². The normalized spacial score (nSPS) is 21.8. The summed E-state index contributed by atoms with van der Waals surface area (Å²) in [5.41, 5.74) is 5.01. The number of aromatic amines is 1. The second-order valence-electron chi connectivity index (χ2n) is 7.19. The first-order valence-corrected chi connectivity index (χ1v) is 10.1. The third-order valence-electron chi connectivity index (χ3n) is 5.32. The maximum atomic E-state index is 13.5. The Hall–Kier alpha value is -2.21. The van der Waals surface area contributed by atoms with Gasteiger partial charge in [0.05, 0.1) is 16.0 Å². The number of anilines is 1. The average Bonchev–Trinajstić information content (AvgIpc) is 3.01. The number of sulfone groups is 1. The first kappa shape index (κ1) is 18.2. The van der Waals surface area contributed by atoms with Crippen LogP contribution in [0.5, 0.6) is 0 Å². The zero-order valence-electron chi connectivity index (χ0n) is 14.3. The molecule has 2 aromatic rings. The number of rotatable bonds is 3. The molecule has 1 aromatic carbocycles. The van der Waals surface area contributed by atoms with Crippen molar-refractivity contribution in [2.75, 3.05) is 24.2 Å². The van der Waals surface area contributed by atoms with E-state index in [0.29, 0.717) is 18.8 Å². The van der Waals surface area contributed by atoms with Crippen molar-refractivity contribution in [2.24, 2.45) is 11.1 Å². The second-order valence-corrected chi connectivity index (χ2v) is 9.14. The van der Waals surface area contributed by atoms with Crippen molar-refractivity contribution >= 4 is 15.5 Å². The maximum absolute atomic E-state index is 13.5. The number of nitrogens with zero attached hydrogens (tertiary/aromatic N) is 4. The highest BCUT2D eigenvalue weighted by molar-refractivity contribution is 7.91. The van der Waals surface area contributed by atoms with Crippen LogP contribution in [-0.4, -0.2) is 54.4 Å². The summed E-state index contributed by atoms with van der Waals surface area (Å²) in [6, 6.07) is 1.93.